The number of hydrogen-bond acceptors (Lipinski definition) is 5. The molecule has 3 aliphatic rings. The fourth-order valence-electron chi connectivity index (χ4n) is 4.22. The predicted octanol–water partition coefficient (Wildman–Crippen LogP) is 1.05. The van der Waals surface area contributed by atoms with E-state index in [4.69, 9.17) is 0 Å². The van der Waals surface area contributed by atoms with Gasteiger partial charge in [-0.3, -0.25) is 4.90 Å². The first-order valence-corrected chi connectivity index (χ1v) is 8.10. The van der Waals surface area contributed by atoms with E-state index in [2.05, 4.69) is 20.1 Å². The summed E-state index contributed by atoms with van der Waals surface area (Å²) in [7, 11) is 0. The molecular formula is C16H24N4O. The topological polar surface area (TPSA) is 51.6 Å². The Kier molecular flexibility index (Phi) is 3.27. The average Bonchev–Trinajstić information content (AvgIpc) is 2.94. The van der Waals surface area contributed by atoms with Crippen LogP contribution in [0.5, 0.6) is 5.75 Å². The van der Waals surface area contributed by atoms with Gasteiger partial charge < -0.3 is 15.3 Å². The summed E-state index contributed by atoms with van der Waals surface area (Å²) in [5.41, 5.74) is 0.626. The summed E-state index contributed by atoms with van der Waals surface area (Å²) >= 11 is 0. The van der Waals surface area contributed by atoms with E-state index < -0.39 is 0 Å². The Morgan fingerprint density at radius 2 is 2.05 bits per heavy atom. The predicted molar refractivity (Wildman–Crippen MR) is 82.6 cm³/mol. The third-order valence-corrected chi connectivity index (χ3v) is 5.57. The molecule has 4 rings (SSSR count). The fraction of sp³-hybridized carbons (Fsp3) is 0.688. The zero-order valence-electron chi connectivity index (χ0n) is 12.5. The smallest absolute Gasteiger partial charge is 0.171 e. The number of hydrogen-bond donors (Lipinski definition) is 2. The van der Waals surface area contributed by atoms with Gasteiger partial charge in [0.1, 0.15) is 0 Å². The standard InChI is InChI=1S/C16H24N4O/c21-14-2-1-5-18-15(14)20-8-6-19(7-9-20)13-3-4-16(10-13)11-17-12-16/h1-2,5,13,17,21H,3-4,6-12H2. The lowest BCUT2D eigenvalue weighted by atomic mass is 9.80. The highest BCUT2D eigenvalue weighted by atomic mass is 16.3. The maximum atomic E-state index is 9.92. The molecule has 0 radical (unpaired) electrons. The Hall–Kier alpha value is -1.33. The van der Waals surface area contributed by atoms with Crippen molar-refractivity contribution in [1.82, 2.24) is 15.2 Å². The molecule has 0 amide bonds. The van der Waals surface area contributed by atoms with Crippen LogP contribution in [0, 0.1) is 5.41 Å². The number of nitrogens with one attached hydrogen (secondary N) is 1. The monoisotopic (exact) mass is 288 g/mol. The number of aromatic hydroxyl groups is 1. The van der Waals surface area contributed by atoms with E-state index >= 15 is 0 Å². The summed E-state index contributed by atoms with van der Waals surface area (Å²) in [5.74, 6) is 1.04. The van der Waals surface area contributed by atoms with Crippen molar-refractivity contribution in [3.63, 3.8) is 0 Å². The van der Waals surface area contributed by atoms with Crippen LogP contribution in [-0.2, 0) is 0 Å². The van der Waals surface area contributed by atoms with Crippen LogP contribution in [0.25, 0.3) is 0 Å². The van der Waals surface area contributed by atoms with Gasteiger partial charge in [0.05, 0.1) is 0 Å². The van der Waals surface area contributed by atoms with Crippen molar-refractivity contribution >= 4 is 5.82 Å². The van der Waals surface area contributed by atoms with E-state index in [1.54, 1.807) is 18.3 Å². The molecule has 5 heteroatoms. The Morgan fingerprint density at radius 1 is 1.24 bits per heavy atom. The lowest BCUT2D eigenvalue weighted by Crippen LogP contribution is -2.54. The Labute approximate surface area is 126 Å². The quantitative estimate of drug-likeness (QED) is 0.852. The van der Waals surface area contributed by atoms with Crippen LogP contribution < -0.4 is 10.2 Å². The largest absolute Gasteiger partial charge is 0.504 e. The highest BCUT2D eigenvalue weighted by molar-refractivity contribution is 5.51. The first-order valence-electron chi connectivity index (χ1n) is 8.10. The Bertz CT molecular complexity index is 509. The summed E-state index contributed by atoms with van der Waals surface area (Å²) in [4.78, 5) is 9.19. The minimum atomic E-state index is 0.298. The molecular weight excluding hydrogens is 264 g/mol. The van der Waals surface area contributed by atoms with Crippen molar-refractivity contribution in [3.8, 4) is 5.75 Å². The summed E-state index contributed by atoms with van der Waals surface area (Å²) in [5, 5.41) is 13.4. The molecule has 0 bridgehead atoms. The summed E-state index contributed by atoms with van der Waals surface area (Å²) in [6.07, 6.45) is 5.88. The Balaban J connectivity index is 1.36. The SMILES string of the molecule is Oc1cccnc1N1CCN(C2CCC3(CNC3)C2)CC1. The molecule has 2 saturated heterocycles. The molecule has 1 unspecified atom stereocenters. The second-order valence-corrected chi connectivity index (χ2v) is 6.87. The molecule has 1 spiro atoms. The number of aromatic nitrogens is 1. The third-order valence-electron chi connectivity index (χ3n) is 5.57. The molecule has 2 N–H and O–H groups in total. The van der Waals surface area contributed by atoms with Crippen molar-refractivity contribution in [1.29, 1.82) is 0 Å². The zero-order valence-corrected chi connectivity index (χ0v) is 12.5. The fourth-order valence-corrected chi connectivity index (χ4v) is 4.22. The highest BCUT2D eigenvalue weighted by Gasteiger charge is 2.45. The molecule has 114 valence electrons. The van der Waals surface area contributed by atoms with Gasteiger partial charge in [0.2, 0.25) is 0 Å². The maximum Gasteiger partial charge on any atom is 0.171 e. The Morgan fingerprint density at radius 3 is 2.67 bits per heavy atom. The molecule has 3 heterocycles. The van der Waals surface area contributed by atoms with E-state index in [-0.39, 0.29) is 0 Å². The maximum absolute atomic E-state index is 9.92. The summed E-state index contributed by atoms with van der Waals surface area (Å²) in [6.45, 7) is 6.56. The van der Waals surface area contributed by atoms with Crippen LogP contribution in [0.15, 0.2) is 18.3 Å². The van der Waals surface area contributed by atoms with Crippen molar-refractivity contribution in [3.05, 3.63) is 18.3 Å². The van der Waals surface area contributed by atoms with Crippen LogP contribution in [0.2, 0.25) is 0 Å². The van der Waals surface area contributed by atoms with Crippen LogP contribution >= 0.6 is 0 Å². The van der Waals surface area contributed by atoms with Gasteiger partial charge in [0.15, 0.2) is 11.6 Å². The molecule has 1 aromatic rings. The van der Waals surface area contributed by atoms with Crippen molar-refractivity contribution in [2.75, 3.05) is 44.2 Å². The highest BCUT2D eigenvalue weighted by Crippen LogP contribution is 2.43. The second-order valence-electron chi connectivity index (χ2n) is 6.87. The lowest BCUT2D eigenvalue weighted by Gasteiger charge is -2.42. The van der Waals surface area contributed by atoms with E-state index in [9.17, 15) is 5.11 Å². The molecule has 5 nitrogen and oxygen atoms in total. The van der Waals surface area contributed by atoms with Gasteiger partial charge in [0.25, 0.3) is 0 Å². The molecule has 2 aliphatic heterocycles. The number of rotatable bonds is 2. The molecule has 3 fully saturated rings. The molecule has 0 aromatic carbocycles. The lowest BCUT2D eigenvalue weighted by molar-refractivity contribution is 0.135. The summed E-state index contributed by atoms with van der Waals surface area (Å²) in [6, 6.07) is 4.27. The van der Waals surface area contributed by atoms with E-state index in [1.807, 2.05) is 0 Å². The van der Waals surface area contributed by atoms with Gasteiger partial charge in [-0.1, -0.05) is 0 Å². The van der Waals surface area contributed by atoms with Crippen LogP contribution in [0.4, 0.5) is 5.82 Å². The first-order chi connectivity index (χ1) is 10.3. The normalized spacial score (nSPS) is 28.8. The molecule has 1 aliphatic carbocycles. The van der Waals surface area contributed by atoms with E-state index in [0.29, 0.717) is 11.2 Å². The van der Waals surface area contributed by atoms with Crippen LogP contribution in [0.3, 0.4) is 0 Å². The third kappa shape index (κ3) is 2.38. The minimum absolute atomic E-state index is 0.298. The number of pyridine rings is 1. The number of piperazine rings is 1. The number of anilines is 1. The van der Waals surface area contributed by atoms with Crippen molar-refractivity contribution in [2.24, 2.45) is 5.41 Å². The zero-order chi connectivity index (χ0) is 14.3. The van der Waals surface area contributed by atoms with Gasteiger partial charge >= 0.3 is 0 Å². The molecule has 21 heavy (non-hydrogen) atoms. The van der Waals surface area contributed by atoms with Gasteiger partial charge in [-0.2, -0.15) is 0 Å². The van der Waals surface area contributed by atoms with Gasteiger partial charge in [-0.25, -0.2) is 4.98 Å². The summed E-state index contributed by atoms with van der Waals surface area (Å²) < 4.78 is 0. The van der Waals surface area contributed by atoms with Crippen LogP contribution in [-0.4, -0.2) is 60.3 Å². The molecule has 1 atom stereocenters. The van der Waals surface area contributed by atoms with E-state index in [1.165, 1.54) is 32.4 Å². The van der Waals surface area contributed by atoms with Gasteiger partial charge in [-0.15, -0.1) is 0 Å². The average molecular weight is 288 g/mol. The second kappa shape index (κ2) is 5.14. The van der Waals surface area contributed by atoms with Crippen molar-refractivity contribution in [2.45, 2.75) is 25.3 Å². The number of nitrogens with zero attached hydrogens (tertiary/aromatic N) is 3. The van der Waals surface area contributed by atoms with Gasteiger partial charge in [0, 0.05) is 51.5 Å². The van der Waals surface area contributed by atoms with Crippen LogP contribution in [0.1, 0.15) is 19.3 Å². The first kappa shape index (κ1) is 13.3. The molecule has 1 saturated carbocycles. The van der Waals surface area contributed by atoms with Gasteiger partial charge in [-0.05, 0) is 36.8 Å². The van der Waals surface area contributed by atoms with E-state index in [0.717, 1.165) is 38.0 Å². The van der Waals surface area contributed by atoms with Crippen molar-refractivity contribution < 1.29 is 5.11 Å². The molecule has 1 aromatic heterocycles. The minimum Gasteiger partial charge on any atom is -0.504 e.